The Balaban J connectivity index is 1.99. The van der Waals surface area contributed by atoms with Gasteiger partial charge in [-0.1, -0.05) is 101 Å². The number of rotatable bonds is 8. The van der Waals surface area contributed by atoms with Crippen molar-refractivity contribution in [1.29, 1.82) is 0 Å². The Hall–Kier alpha value is -1.59. The lowest BCUT2D eigenvalue weighted by Crippen LogP contribution is -2.67. The molecule has 1 aliphatic heterocycles. The van der Waals surface area contributed by atoms with E-state index in [1.54, 1.807) is 0 Å². The zero-order valence-electron chi connectivity index (χ0n) is 20.5. The predicted molar refractivity (Wildman–Crippen MR) is 143 cm³/mol. The molecule has 1 heterocycles. The van der Waals surface area contributed by atoms with Crippen LogP contribution in [0, 0.1) is 5.92 Å². The Kier molecular flexibility index (Phi) is 9.08. The van der Waals surface area contributed by atoms with Crippen LogP contribution in [-0.4, -0.2) is 54.4 Å². The van der Waals surface area contributed by atoms with Gasteiger partial charge >= 0.3 is 0 Å². The van der Waals surface area contributed by atoms with Crippen LogP contribution in [0.25, 0.3) is 10.4 Å². The van der Waals surface area contributed by atoms with Crippen LogP contribution in [0.1, 0.15) is 34.6 Å². The highest BCUT2D eigenvalue weighted by Crippen LogP contribution is 2.40. The van der Waals surface area contributed by atoms with E-state index in [1.807, 2.05) is 26.0 Å². The van der Waals surface area contributed by atoms with E-state index in [1.165, 1.54) is 10.4 Å². The molecule has 0 saturated carbocycles. The molecule has 0 aliphatic carbocycles. The summed E-state index contributed by atoms with van der Waals surface area (Å²) in [4.78, 5) is 2.99. The fourth-order valence-corrected chi connectivity index (χ4v) is 10.1. The van der Waals surface area contributed by atoms with Crippen LogP contribution in [0.5, 0.6) is 0 Å². The molecular weight excluding hydrogens is 459 g/mol. The number of azide groups is 1. The summed E-state index contributed by atoms with van der Waals surface area (Å²) in [6, 6.07) is 20.5. The Morgan fingerprint density at radius 3 is 2.00 bits per heavy atom. The van der Waals surface area contributed by atoms with E-state index in [0.717, 1.165) is 0 Å². The maximum absolute atomic E-state index is 9.06. The van der Waals surface area contributed by atoms with Gasteiger partial charge in [-0.25, -0.2) is 0 Å². The summed E-state index contributed by atoms with van der Waals surface area (Å²) in [7, 11) is 7.28. The van der Waals surface area contributed by atoms with Crippen molar-refractivity contribution in [2.24, 2.45) is 11.0 Å². The highest BCUT2D eigenvalue weighted by Gasteiger charge is 2.51. The molecule has 176 valence electrons. The molecule has 0 bridgehead atoms. The molecule has 4 radical (unpaired) electrons. The third kappa shape index (κ3) is 5.62. The first-order chi connectivity index (χ1) is 16.1. The smallest absolute Gasteiger partial charge is 0.261 e. The van der Waals surface area contributed by atoms with Crippen LogP contribution in [0.2, 0.25) is 5.04 Å². The monoisotopic (exact) mass is 491 g/mol. The number of benzene rings is 2. The van der Waals surface area contributed by atoms with Crippen LogP contribution in [0.3, 0.4) is 0 Å². The SMILES string of the molecule is [B]P([B])O[C@@H]1C(N=[N+]=[N-])C(C)OC(CO[Si](c2ccccc2)(c2ccccc2)C(C)(C)C)[C@H]1C. The quantitative estimate of drug-likeness (QED) is 0.178. The van der Waals surface area contributed by atoms with E-state index in [4.69, 9.17) is 34.3 Å². The van der Waals surface area contributed by atoms with Crippen molar-refractivity contribution in [3.63, 3.8) is 0 Å². The zero-order valence-corrected chi connectivity index (χ0v) is 22.4. The maximum atomic E-state index is 9.06. The summed E-state index contributed by atoms with van der Waals surface area (Å²) in [5.74, 6) is -0.137. The van der Waals surface area contributed by atoms with Crippen LogP contribution >= 0.6 is 7.91 Å². The van der Waals surface area contributed by atoms with Crippen molar-refractivity contribution in [2.45, 2.75) is 64.0 Å². The number of nitrogens with zero attached hydrogens (tertiary/aromatic N) is 3. The summed E-state index contributed by atoms with van der Waals surface area (Å²) in [6.07, 6.45) is -1.09. The van der Waals surface area contributed by atoms with Gasteiger partial charge in [-0.15, -0.1) is 0 Å². The minimum atomic E-state index is -2.72. The molecule has 2 aromatic carbocycles. The standard InChI is InChI=1S/C24H32B2N3O3PSi/c1-17-21(31-18(2)22(28-29-27)23(17)32-33(25)26)16-30-34(24(3,4)5,19-12-8-6-9-13-19)20-14-10-7-11-15-20/h6-15,17-18,21-23H,16H2,1-5H3/t17-,18?,21?,22?,23+/m1/s1. The van der Waals surface area contributed by atoms with Gasteiger partial charge in [-0.05, 0) is 27.9 Å². The van der Waals surface area contributed by atoms with E-state index in [2.05, 4.69) is 79.3 Å². The summed E-state index contributed by atoms with van der Waals surface area (Å²) >= 11 is 0. The normalized spacial score (nSPS) is 25.6. The third-order valence-corrected chi connectivity index (χ3v) is 12.1. The summed E-state index contributed by atoms with van der Waals surface area (Å²) < 4.78 is 19.3. The average molecular weight is 491 g/mol. The summed E-state index contributed by atoms with van der Waals surface area (Å²) in [6.45, 7) is 11.0. The van der Waals surface area contributed by atoms with Crippen molar-refractivity contribution in [3.05, 3.63) is 71.1 Å². The van der Waals surface area contributed by atoms with Gasteiger partial charge in [0.25, 0.3) is 8.32 Å². The third-order valence-electron chi connectivity index (χ3n) is 6.62. The Morgan fingerprint density at radius 2 is 1.56 bits per heavy atom. The Labute approximate surface area is 208 Å². The second-order valence-electron chi connectivity index (χ2n) is 9.84. The molecule has 5 atom stereocenters. The highest BCUT2D eigenvalue weighted by molar-refractivity contribution is 7.97. The first kappa shape index (κ1) is 27.0. The predicted octanol–water partition coefficient (Wildman–Crippen LogP) is 4.61. The van der Waals surface area contributed by atoms with Gasteiger partial charge in [-0.3, -0.25) is 0 Å². The number of ether oxygens (including phenoxy) is 1. The first-order valence-corrected chi connectivity index (χ1v) is 14.8. The molecule has 10 heteroatoms. The van der Waals surface area contributed by atoms with Gasteiger partial charge in [0.1, 0.15) is 15.1 Å². The fraction of sp³-hybridized carbons (Fsp3) is 0.500. The largest absolute Gasteiger partial charge is 0.405 e. The Bertz CT molecular complexity index is 935. The van der Waals surface area contributed by atoms with Gasteiger partial charge in [0.15, 0.2) is 0 Å². The van der Waals surface area contributed by atoms with Crippen LogP contribution in [-0.2, 0) is 13.7 Å². The molecule has 1 aliphatic rings. The van der Waals surface area contributed by atoms with Crippen LogP contribution in [0.4, 0.5) is 0 Å². The molecular formula is C24H32B2N3O3PSi. The summed E-state index contributed by atoms with van der Waals surface area (Å²) in [5, 5.41) is 6.19. The maximum Gasteiger partial charge on any atom is 0.261 e. The van der Waals surface area contributed by atoms with Gasteiger partial charge in [0.2, 0.25) is 0 Å². The van der Waals surface area contributed by atoms with E-state index in [9.17, 15) is 0 Å². The van der Waals surface area contributed by atoms with E-state index in [-0.39, 0.29) is 23.2 Å². The number of hydrogen-bond donors (Lipinski definition) is 0. The van der Waals surface area contributed by atoms with Gasteiger partial charge in [-0.2, -0.15) is 0 Å². The van der Waals surface area contributed by atoms with Gasteiger partial charge in [0.05, 0.1) is 31.0 Å². The van der Waals surface area contributed by atoms with Crippen LogP contribution < -0.4 is 10.4 Å². The Morgan fingerprint density at radius 1 is 1.03 bits per heavy atom. The molecule has 34 heavy (non-hydrogen) atoms. The van der Waals surface area contributed by atoms with Gasteiger partial charge < -0.3 is 13.7 Å². The molecule has 0 N–H and O–H groups in total. The molecule has 6 nitrogen and oxygen atoms in total. The molecule has 1 saturated heterocycles. The first-order valence-electron chi connectivity index (χ1n) is 11.5. The van der Waals surface area contributed by atoms with E-state index >= 15 is 0 Å². The van der Waals surface area contributed by atoms with Crippen LogP contribution in [0.15, 0.2) is 65.8 Å². The van der Waals surface area contributed by atoms with Crippen molar-refractivity contribution in [1.82, 2.24) is 0 Å². The molecule has 0 spiro atoms. The topological polar surface area (TPSA) is 76.5 Å². The lowest BCUT2D eigenvalue weighted by molar-refractivity contribution is -0.138. The lowest BCUT2D eigenvalue weighted by Gasteiger charge is -2.47. The minimum Gasteiger partial charge on any atom is -0.405 e. The second-order valence-corrected chi connectivity index (χ2v) is 15.1. The highest BCUT2D eigenvalue weighted by atomic mass is 31.1. The molecule has 0 amide bonds. The summed E-state index contributed by atoms with van der Waals surface area (Å²) in [5.41, 5.74) is 9.06. The lowest BCUT2D eigenvalue weighted by atomic mass is 9.87. The van der Waals surface area contributed by atoms with Crippen molar-refractivity contribution >= 4 is 41.7 Å². The molecule has 3 rings (SSSR count). The number of hydrogen-bond acceptors (Lipinski definition) is 4. The van der Waals surface area contributed by atoms with E-state index in [0.29, 0.717) is 6.61 Å². The van der Waals surface area contributed by atoms with Crippen molar-refractivity contribution in [3.8, 4) is 0 Å². The minimum absolute atomic E-state index is 0.137. The van der Waals surface area contributed by atoms with Crippen molar-refractivity contribution < 1.29 is 13.7 Å². The van der Waals surface area contributed by atoms with Crippen molar-refractivity contribution in [2.75, 3.05) is 6.61 Å². The molecule has 0 aromatic heterocycles. The van der Waals surface area contributed by atoms with Gasteiger partial charge in [0, 0.05) is 10.8 Å². The molecule has 3 unspecified atom stereocenters. The molecule has 1 fully saturated rings. The van der Waals surface area contributed by atoms with E-state index < -0.39 is 28.4 Å². The molecule has 2 aromatic rings. The zero-order chi connectivity index (χ0) is 24.9. The average Bonchev–Trinajstić information content (AvgIpc) is 2.80. The fourth-order valence-electron chi connectivity index (χ4n) is 4.95. The second kappa shape index (κ2) is 11.4.